The molecule has 0 spiro atoms. The lowest BCUT2D eigenvalue weighted by atomic mass is 9.75. The molecule has 0 radical (unpaired) electrons. The van der Waals surface area contributed by atoms with Crippen molar-refractivity contribution < 1.29 is 14.6 Å². The largest absolute Gasteiger partial charge is 0.489 e. The maximum absolute atomic E-state index is 9.90. The zero-order chi connectivity index (χ0) is 15.9. The van der Waals surface area contributed by atoms with Crippen LogP contribution in [0.2, 0.25) is 5.02 Å². The molecule has 23 heavy (non-hydrogen) atoms. The van der Waals surface area contributed by atoms with Crippen molar-refractivity contribution in [1.29, 1.82) is 0 Å². The second kappa shape index (κ2) is 6.10. The van der Waals surface area contributed by atoms with Gasteiger partial charge in [-0.15, -0.1) is 0 Å². The third-order valence-electron chi connectivity index (χ3n) is 5.43. The zero-order valence-electron chi connectivity index (χ0n) is 13.1. The third kappa shape index (κ3) is 2.89. The Labute approximate surface area is 141 Å². The molecule has 1 aromatic carbocycles. The molecule has 2 saturated heterocycles. The molecular weight excluding hydrogens is 314 g/mol. The molecule has 4 rings (SSSR count). The Kier molecular flexibility index (Phi) is 4.10. The average molecular weight is 336 g/mol. The number of aliphatic hydroxyl groups is 1. The molecular formula is C18H22ClNO3. The summed E-state index contributed by atoms with van der Waals surface area (Å²) in [4.78, 5) is 2.43. The van der Waals surface area contributed by atoms with Gasteiger partial charge >= 0.3 is 0 Å². The molecule has 5 heteroatoms. The number of ether oxygens (including phenoxy) is 2. The van der Waals surface area contributed by atoms with Gasteiger partial charge in [-0.1, -0.05) is 11.6 Å². The number of likely N-dealkylation sites (tertiary alicyclic amines) is 1. The number of fused-ring (bicyclic) bond motifs is 2. The van der Waals surface area contributed by atoms with E-state index in [4.69, 9.17) is 21.1 Å². The molecule has 2 atom stereocenters. The molecule has 1 N–H and O–H groups in total. The Bertz CT molecular complexity index is 633. The molecule has 0 amide bonds. The lowest BCUT2D eigenvalue weighted by molar-refractivity contribution is -0.0416. The predicted molar refractivity (Wildman–Crippen MR) is 89.8 cm³/mol. The molecule has 124 valence electrons. The average Bonchev–Trinajstić information content (AvgIpc) is 2.93. The molecule has 3 aliphatic rings. The molecule has 3 aliphatic heterocycles. The lowest BCUT2D eigenvalue weighted by Crippen LogP contribution is -2.41. The Hall–Kier alpha value is -1.07. The summed E-state index contributed by atoms with van der Waals surface area (Å²) in [6, 6.07) is 5.73. The van der Waals surface area contributed by atoms with Crippen LogP contribution in [0.15, 0.2) is 23.8 Å². The first-order valence-corrected chi connectivity index (χ1v) is 8.59. The highest BCUT2D eigenvalue weighted by molar-refractivity contribution is 6.30. The fourth-order valence-electron chi connectivity index (χ4n) is 4.11. The summed E-state index contributed by atoms with van der Waals surface area (Å²) in [5.74, 6) is 1.33. The maximum atomic E-state index is 9.90. The molecule has 0 aromatic heterocycles. The van der Waals surface area contributed by atoms with Crippen LogP contribution in [0.1, 0.15) is 12.0 Å². The number of hydrogen-bond acceptors (Lipinski definition) is 4. The van der Waals surface area contributed by atoms with E-state index in [0.29, 0.717) is 12.5 Å². The lowest BCUT2D eigenvalue weighted by Gasteiger charge is -2.36. The van der Waals surface area contributed by atoms with Crippen LogP contribution in [-0.2, 0) is 4.74 Å². The van der Waals surface area contributed by atoms with E-state index >= 15 is 0 Å². The van der Waals surface area contributed by atoms with Gasteiger partial charge in [0.1, 0.15) is 12.4 Å². The SMILES string of the molecule is OC[C@]12CCOC[C@H]1CN(CC1=Cc3cc(Cl)ccc3OC1)C2. The summed E-state index contributed by atoms with van der Waals surface area (Å²) >= 11 is 6.08. The van der Waals surface area contributed by atoms with Crippen molar-refractivity contribution in [3.8, 4) is 5.75 Å². The normalized spacial score (nSPS) is 30.3. The van der Waals surface area contributed by atoms with Gasteiger partial charge in [0.25, 0.3) is 0 Å². The summed E-state index contributed by atoms with van der Waals surface area (Å²) < 4.78 is 11.5. The highest BCUT2D eigenvalue weighted by atomic mass is 35.5. The van der Waals surface area contributed by atoms with Crippen molar-refractivity contribution in [2.24, 2.45) is 11.3 Å². The fraction of sp³-hybridized carbons (Fsp3) is 0.556. The van der Waals surface area contributed by atoms with E-state index < -0.39 is 0 Å². The van der Waals surface area contributed by atoms with Crippen LogP contribution in [0.25, 0.3) is 6.08 Å². The minimum Gasteiger partial charge on any atom is -0.489 e. The summed E-state index contributed by atoms with van der Waals surface area (Å²) in [7, 11) is 0. The summed E-state index contributed by atoms with van der Waals surface area (Å²) in [6.45, 7) is 5.22. The second-order valence-corrected chi connectivity index (χ2v) is 7.42. The highest BCUT2D eigenvalue weighted by Gasteiger charge is 2.47. The minimum absolute atomic E-state index is 0.0234. The first-order chi connectivity index (χ1) is 11.2. The molecule has 3 heterocycles. The Morgan fingerprint density at radius 3 is 3.13 bits per heavy atom. The third-order valence-corrected chi connectivity index (χ3v) is 5.67. The van der Waals surface area contributed by atoms with Gasteiger partial charge in [0, 0.05) is 48.2 Å². The van der Waals surface area contributed by atoms with Crippen molar-refractivity contribution >= 4 is 17.7 Å². The van der Waals surface area contributed by atoms with Crippen LogP contribution in [0.4, 0.5) is 0 Å². The second-order valence-electron chi connectivity index (χ2n) is 6.99. The molecule has 0 bridgehead atoms. The summed E-state index contributed by atoms with van der Waals surface area (Å²) in [5.41, 5.74) is 2.33. The summed E-state index contributed by atoms with van der Waals surface area (Å²) in [6.07, 6.45) is 3.15. The van der Waals surface area contributed by atoms with E-state index in [9.17, 15) is 5.11 Å². The predicted octanol–water partition coefficient (Wildman–Crippen LogP) is 2.45. The van der Waals surface area contributed by atoms with E-state index in [1.165, 1.54) is 5.57 Å². The van der Waals surface area contributed by atoms with Gasteiger partial charge in [0.2, 0.25) is 0 Å². The number of rotatable bonds is 3. The van der Waals surface area contributed by atoms with Crippen LogP contribution in [-0.4, -0.2) is 56.1 Å². The molecule has 0 saturated carbocycles. The molecule has 2 fully saturated rings. The maximum Gasteiger partial charge on any atom is 0.127 e. The summed E-state index contributed by atoms with van der Waals surface area (Å²) in [5, 5.41) is 10.6. The molecule has 0 unspecified atom stereocenters. The van der Waals surface area contributed by atoms with Gasteiger partial charge in [0.05, 0.1) is 13.2 Å². The standard InChI is InChI=1S/C18H22ClNO3/c19-16-1-2-17-14(6-16)5-13(9-23-17)7-20-8-15-10-22-4-3-18(15,11-20)12-21/h1-2,5-6,15,21H,3-4,7-12H2/t15-,18-/m1/s1. The first kappa shape index (κ1) is 15.5. The van der Waals surface area contributed by atoms with E-state index in [1.54, 1.807) is 0 Å². The minimum atomic E-state index is 0.0234. The van der Waals surface area contributed by atoms with Crippen molar-refractivity contribution in [3.05, 3.63) is 34.4 Å². The Morgan fingerprint density at radius 2 is 2.30 bits per heavy atom. The number of halogens is 1. The van der Waals surface area contributed by atoms with Gasteiger partial charge in [-0.3, -0.25) is 4.90 Å². The van der Waals surface area contributed by atoms with Crippen molar-refractivity contribution in [2.75, 3.05) is 46.1 Å². The van der Waals surface area contributed by atoms with Crippen LogP contribution in [0.5, 0.6) is 5.75 Å². The monoisotopic (exact) mass is 335 g/mol. The van der Waals surface area contributed by atoms with Crippen LogP contribution < -0.4 is 4.74 Å². The number of nitrogens with zero attached hydrogens (tertiary/aromatic N) is 1. The van der Waals surface area contributed by atoms with E-state index in [2.05, 4.69) is 11.0 Å². The fourth-order valence-corrected chi connectivity index (χ4v) is 4.29. The van der Waals surface area contributed by atoms with Gasteiger partial charge < -0.3 is 14.6 Å². The zero-order valence-corrected chi connectivity index (χ0v) is 13.9. The number of benzene rings is 1. The van der Waals surface area contributed by atoms with Crippen LogP contribution in [0.3, 0.4) is 0 Å². The Morgan fingerprint density at radius 1 is 1.39 bits per heavy atom. The van der Waals surface area contributed by atoms with Gasteiger partial charge in [-0.05, 0) is 36.3 Å². The quantitative estimate of drug-likeness (QED) is 0.921. The molecule has 0 aliphatic carbocycles. The van der Waals surface area contributed by atoms with Crippen molar-refractivity contribution in [3.63, 3.8) is 0 Å². The van der Waals surface area contributed by atoms with Crippen molar-refractivity contribution in [2.45, 2.75) is 6.42 Å². The van der Waals surface area contributed by atoms with Gasteiger partial charge in [-0.25, -0.2) is 0 Å². The topological polar surface area (TPSA) is 41.9 Å². The van der Waals surface area contributed by atoms with Gasteiger partial charge in [-0.2, -0.15) is 0 Å². The van der Waals surface area contributed by atoms with E-state index in [-0.39, 0.29) is 12.0 Å². The van der Waals surface area contributed by atoms with Crippen LogP contribution in [0, 0.1) is 11.3 Å². The number of aliphatic hydroxyl groups excluding tert-OH is 1. The smallest absolute Gasteiger partial charge is 0.127 e. The Balaban J connectivity index is 1.49. The van der Waals surface area contributed by atoms with E-state index in [1.807, 2.05) is 18.2 Å². The number of hydrogen-bond donors (Lipinski definition) is 1. The van der Waals surface area contributed by atoms with Gasteiger partial charge in [0.15, 0.2) is 0 Å². The highest BCUT2D eigenvalue weighted by Crippen LogP contribution is 2.42. The first-order valence-electron chi connectivity index (χ1n) is 8.21. The molecule has 4 nitrogen and oxygen atoms in total. The van der Waals surface area contributed by atoms with E-state index in [0.717, 1.165) is 55.6 Å². The molecule has 1 aromatic rings. The van der Waals surface area contributed by atoms with Crippen molar-refractivity contribution in [1.82, 2.24) is 4.90 Å². The van der Waals surface area contributed by atoms with Crippen LogP contribution >= 0.6 is 11.6 Å².